The smallest absolute Gasteiger partial charge is 0.475 e. The fourth-order valence-electron chi connectivity index (χ4n) is 6.55. The molecule has 0 bridgehead atoms. The van der Waals surface area contributed by atoms with Crippen LogP contribution in [0.5, 0.6) is 6.01 Å². The van der Waals surface area contributed by atoms with Crippen LogP contribution in [0, 0.1) is 16.7 Å². The number of halogens is 3. The van der Waals surface area contributed by atoms with Gasteiger partial charge < -0.3 is 29.4 Å². The van der Waals surface area contributed by atoms with E-state index in [1.807, 2.05) is 0 Å². The number of nitriles is 1. The van der Waals surface area contributed by atoms with Crippen molar-refractivity contribution in [2.45, 2.75) is 44.4 Å². The minimum Gasteiger partial charge on any atom is -0.475 e. The number of hydrogen-bond donors (Lipinski definition) is 1. The molecule has 0 spiro atoms. The number of ether oxygens (including phenoxy) is 1. The van der Waals surface area contributed by atoms with Crippen LogP contribution < -0.4 is 14.5 Å². The quantitative estimate of drug-likeness (QED) is 0.319. The third-order valence-corrected chi connectivity index (χ3v) is 9.06. The Labute approximate surface area is 283 Å². The number of nitrogens with zero attached hydrogens (tertiary/aromatic N) is 7. The van der Waals surface area contributed by atoms with Crippen molar-refractivity contribution in [3.05, 3.63) is 66.4 Å². The van der Waals surface area contributed by atoms with Gasteiger partial charge in [-0.3, -0.25) is 4.79 Å². The van der Waals surface area contributed by atoms with E-state index in [-0.39, 0.29) is 23.8 Å². The Bertz CT molecular complexity index is 1730. The van der Waals surface area contributed by atoms with E-state index < -0.39 is 12.1 Å². The van der Waals surface area contributed by atoms with E-state index >= 15 is 0 Å². The molecular formula is C35H40F3N7O4. The summed E-state index contributed by atoms with van der Waals surface area (Å²) >= 11 is 0. The van der Waals surface area contributed by atoms with Crippen LogP contribution in [-0.4, -0.2) is 102 Å². The average molecular weight is 680 g/mol. The molecule has 1 saturated heterocycles. The molecular weight excluding hydrogens is 639 g/mol. The van der Waals surface area contributed by atoms with Crippen LogP contribution in [0.15, 0.2) is 55.1 Å². The van der Waals surface area contributed by atoms with E-state index in [2.05, 4.69) is 83.9 Å². The number of carbonyl (C=O) groups is 2. The first-order valence-electron chi connectivity index (χ1n) is 16.1. The van der Waals surface area contributed by atoms with Crippen LogP contribution >= 0.6 is 0 Å². The van der Waals surface area contributed by atoms with Crippen LogP contribution in [-0.2, 0) is 22.6 Å². The van der Waals surface area contributed by atoms with E-state index in [4.69, 9.17) is 24.6 Å². The second kappa shape index (κ2) is 14.7. The van der Waals surface area contributed by atoms with Crippen molar-refractivity contribution in [2.75, 3.05) is 63.2 Å². The van der Waals surface area contributed by atoms with Crippen LogP contribution in [0.25, 0.3) is 10.8 Å². The van der Waals surface area contributed by atoms with Gasteiger partial charge in [0.05, 0.1) is 37.4 Å². The Morgan fingerprint density at radius 2 is 1.84 bits per heavy atom. The van der Waals surface area contributed by atoms with Crippen LogP contribution in [0.3, 0.4) is 0 Å². The van der Waals surface area contributed by atoms with Gasteiger partial charge in [-0.2, -0.15) is 28.4 Å². The zero-order valence-electron chi connectivity index (χ0n) is 27.6. The number of carboxylic acids is 1. The first-order chi connectivity index (χ1) is 23.3. The van der Waals surface area contributed by atoms with Gasteiger partial charge in [0.25, 0.3) is 0 Å². The minimum atomic E-state index is -5.08. The lowest BCUT2D eigenvalue weighted by Gasteiger charge is -2.42. The van der Waals surface area contributed by atoms with E-state index in [0.717, 1.165) is 49.4 Å². The summed E-state index contributed by atoms with van der Waals surface area (Å²) in [7, 11) is 4.20. The summed E-state index contributed by atoms with van der Waals surface area (Å²) in [6.07, 6.45) is -0.399. The van der Waals surface area contributed by atoms with Crippen molar-refractivity contribution in [2.24, 2.45) is 5.41 Å². The maximum Gasteiger partial charge on any atom is 0.490 e. The highest BCUT2D eigenvalue weighted by atomic mass is 19.4. The molecule has 0 unspecified atom stereocenters. The van der Waals surface area contributed by atoms with Crippen LogP contribution in [0.4, 0.5) is 24.7 Å². The number of fused-ring (bicyclic) bond motifs is 2. The van der Waals surface area contributed by atoms with Crippen LogP contribution in [0.1, 0.15) is 30.5 Å². The number of piperazine rings is 1. The molecule has 14 heteroatoms. The minimum absolute atomic E-state index is 0.134. The number of carbonyl (C=O) groups excluding carboxylic acids is 1. The van der Waals surface area contributed by atoms with Gasteiger partial charge in [-0.05, 0) is 50.9 Å². The van der Waals surface area contributed by atoms with Crippen molar-refractivity contribution in [1.82, 2.24) is 19.8 Å². The summed E-state index contributed by atoms with van der Waals surface area (Å²) in [5.74, 6) is -2.02. The molecule has 6 rings (SSSR count). The largest absolute Gasteiger partial charge is 0.490 e. The molecule has 260 valence electrons. The molecule has 11 nitrogen and oxygen atoms in total. The normalized spacial score (nSPS) is 18.2. The zero-order chi connectivity index (χ0) is 35.3. The molecule has 2 aliphatic heterocycles. The number of rotatable bonds is 9. The lowest BCUT2D eigenvalue weighted by Crippen LogP contribution is -2.55. The number of alkyl halides is 3. The number of aliphatic carboxylic acids is 1. The maximum atomic E-state index is 12.5. The maximum absolute atomic E-state index is 12.5. The Morgan fingerprint density at radius 1 is 1.12 bits per heavy atom. The highest BCUT2D eigenvalue weighted by Gasteiger charge is 2.44. The molecule has 2 fully saturated rings. The van der Waals surface area contributed by atoms with E-state index in [9.17, 15) is 23.2 Å². The van der Waals surface area contributed by atoms with Crippen molar-refractivity contribution in [3.8, 4) is 12.1 Å². The Balaban J connectivity index is 0.000000606. The van der Waals surface area contributed by atoms with Gasteiger partial charge in [-0.1, -0.05) is 43.0 Å². The number of hydrogen-bond acceptors (Lipinski definition) is 9. The van der Waals surface area contributed by atoms with Gasteiger partial charge in [-0.15, -0.1) is 0 Å². The molecule has 0 radical (unpaired) electrons. The average Bonchev–Trinajstić information content (AvgIpc) is 3.84. The second-order valence-corrected chi connectivity index (χ2v) is 13.0. The Morgan fingerprint density at radius 3 is 2.49 bits per heavy atom. The molecule has 1 N–H and O–H groups in total. The SMILES string of the molecule is C=CC(=O)N1CCN(c2nc(OCC3(CN(C)C)CC3)nc3c2CCN(c2cccc4ccccc24)C3)C[C@@H]1CC#N.O=C(O)C(F)(F)F. The van der Waals surface area contributed by atoms with Crippen molar-refractivity contribution in [3.63, 3.8) is 0 Å². The molecule has 1 aliphatic carbocycles. The van der Waals surface area contributed by atoms with Crippen LogP contribution in [0.2, 0.25) is 0 Å². The second-order valence-electron chi connectivity index (χ2n) is 13.0. The van der Waals surface area contributed by atoms with Crippen molar-refractivity contribution >= 4 is 34.2 Å². The fraction of sp³-hybridized carbons (Fsp3) is 0.457. The van der Waals surface area contributed by atoms with Gasteiger partial charge in [0.2, 0.25) is 5.91 Å². The number of carboxylic acid groups (broad SMARTS) is 1. The lowest BCUT2D eigenvalue weighted by molar-refractivity contribution is -0.192. The molecule has 3 aliphatic rings. The molecule has 1 saturated carbocycles. The number of anilines is 2. The third kappa shape index (κ3) is 8.40. The summed E-state index contributed by atoms with van der Waals surface area (Å²) < 4.78 is 38.1. The van der Waals surface area contributed by atoms with Gasteiger partial charge in [-0.25, -0.2) is 4.79 Å². The van der Waals surface area contributed by atoms with Crippen molar-refractivity contribution < 1.29 is 32.6 Å². The predicted molar refractivity (Wildman–Crippen MR) is 178 cm³/mol. The molecule has 1 amide bonds. The molecule has 3 heterocycles. The van der Waals surface area contributed by atoms with E-state index in [1.165, 1.54) is 22.5 Å². The third-order valence-electron chi connectivity index (χ3n) is 9.06. The summed E-state index contributed by atoms with van der Waals surface area (Å²) in [5, 5.41) is 19.1. The van der Waals surface area contributed by atoms with E-state index in [1.54, 1.807) is 4.90 Å². The highest BCUT2D eigenvalue weighted by molar-refractivity contribution is 5.94. The Kier molecular flexibility index (Phi) is 10.6. The molecule has 1 atom stereocenters. The van der Waals surface area contributed by atoms with Gasteiger partial charge in [0, 0.05) is 54.8 Å². The highest BCUT2D eigenvalue weighted by Crippen LogP contribution is 2.46. The summed E-state index contributed by atoms with van der Waals surface area (Å²) in [6.45, 7) is 8.42. The standard InChI is InChI=1S/C33H39N7O2.C2HF3O2/c1-4-30(41)40-19-18-39(20-25(40)12-16-34)31-27-13-17-38(29-11-7-9-24-8-5-6-10-26(24)29)21-28(27)35-32(36-31)42-23-33(14-15-33)22-37(2)3;3-2(4,5)1(6)7/h4-11,25H,1,12-15,17-23H2,2-3H3;(H,6,7)/t25-;/m0./s1. The molecule has 49 heavy (non-hydrogen) atoms. The summed E-state index contributed by atoms with van der Waals surface area (Å²) in [5.41, 5.74) is 3.47. The topological polar surface area (TPSA) is 126 Å². The first-order valence-corrected chi connectivity index (χ1v) is 16.1. The van der Waals surface area contributed by atoms with Gasteiger partial charge in [0.1, 0.15) is 5.82 Å². The fourth-order valence-corrected chi connectivity index (χ4v) is 6.55. The molecule has 3 aromatic rings. The number of aromatic nitrogens is 2. The monoisotopic (exact) mass is 679 g/mol. The molecule has 1 aromatic heterocycles. The van der Waals surface area contributed by atoms with Crippen molar-refractivity contribution in [1.29, 1.82) is 5.26 Å². The van der Waals surface area contributed by atoms with Gasteiger partial charge in [0.15, 0.2) is 0 Å². The van der Waals surface area contributed by atoms with E-state index in [0.29, 0.717) is 38.8 Å². The summed E-state index contributed by atoms with van der Waals surface area (Å²) in [6, 6.07) is 17.4. The first kappa shape index (κ1) is 35.4. The summed E-state index contributed by atoms with van der Waals surface area (Å²) in [4.78, 5) is 40.0. The zero-order valence-corrected chi connectivity index (χ0v) is 27.6. The van der Waals surface area contributed by atoms with Gasteiger partial charge >= 0.3 is 18.2 Å². The molecule has 2 aromatic carbocycles. The predicted octanol–water partition coefficient (Wildman–Crippen LogP) is 4.66. The lowest BCUT2D eigenvalue weighted by atomic mass is 10.0. The number of amides is 1. The number of benzene rings is 2. The Hall–Kier alpha value is -4.90.